The Balaban J connectivity index is 1.91. The molecule has 3 aliphatic rings. The van der Waals surface area contributed by atoms with Crippen molar-refractivity contribution in [1.82, 2.24) is 0 Å². The number of ether oxygens (including phenoxy) is 1. The number of aliphatic hydroxyl groups is 2. The van der Waals surface area contributed by atoms with Crippen molar-refractivity contribution < 1.29 is 19.7 Å². The van der Waals surface area contributed by atoms with Gasteiger partial charge in [0.2, 0.25) is 0 Å². The van der Waals surface area contributed by atoms with E-state index < -0.39 is 11.5 Å². The molecule has 1 heterocycles. The van der Waals surface area contributed by atoms with Crippen molar-refractivity contribution >= 4 is 17.7 Å². The number of carbonyl (C=O) groups excluding carboxylic acids is 1. The highest BCUT2D eigenvalue weighted by Gasteiger charge is 2.57. The van der Waals surface area contributed by atoms with Gasteiger partial charge in [-0.1, -0.05) is 32.9 Å². The summed E-state index contributed by atoms with van der Waals surface area (Å²) in [6.07, 6.45) is 5.90. The SMILES string of the molecule is C=C1CCC2[C@](C)(CO)[C@H](O)CC[C@]2(C)[C@H]1CC(SCC)C1=CCOC1=O. The van der Waals surface area contributed by atoms with Crippen LogP contribution in [-0.4, -0.2) is 46.5 Å². The van der Waals surface area contributed by atoms with Gasteiger partial charge >= 0.3 is 5.97 Å². The molecule has 152 valence electrons. The van der Waals surface area contributed by atoms with Crippen LogP contribution in [0.4, 0.5) is 0 Å². The van der Waals surface area contributed by atoms with Gasteiger partial charge in [-0.15, -0.1) is 0 Å². The van der Waals surface area contributed by atoms with Crippen molar-refractivity contribution in [3.63, 3.8) is 0 Å². The van der Waals surface area contributed by atoms with E-state index in [1.807, 2.05) is 24.8 Å². The van der Waals surface area contributed by atoms with Gasteiger partial charge in [0.25, 0.3) is 0 Å². The molecule has 0 bridgehead atoms. The summed E-state index contributed by atoms with van der Waals surface area (Å²) in [6.45, 7) is 11.3. The molecule has 3 rings (SSSR count). The first-order chi connectivity index (χ1) is 12.8. The molecule has 0 spiro atoms. The molecule has 0 aromatic carbocycles. The number of esters is 1. The van der Waals surface area contributed by atoms with E-state index in [1.165, 1.54) is 5.57 Å². The molecule has 5 heteroatoms. The van der Waals surface area contributed by atoms with Crippen LogP contribution in [0.2, 0.25) is 0 Å². The molecule has 0 aromatic rings. The first-order valence-corrected chi connectivity index (χ1v) is 11.3. The Morgan fingerprint density at radius 1 is 1.41 bits per heavy atom. The molecule has 2 saturated carbocycles. The van der Waals surface area contributed by atoms with Gasteiger partial charge in [-0.05, 0) is 61.2 Å². The minimum Gasteiger partial charge on any atom is -0.458 e. The third-order valence-electron chi connectivity index (χ3n) is 7.61. The molecule has 4 nitrogen and oxygen atoms in total. The highest BCUT2D eigenvalue weighted by Crippen LogP contribution is 2.62. The van der Waals surface area contributed by atoms with Crippen molar-refractivity contribution in [2.24, 2.45) is 22.7 Å². The van der Waals surface area contributed by atoms with Crippen LogP contribution < -0.4 is 0 Å². The Morgan fingerprint density at radius 3 is 2.74 bits per heavy atom. The summed E-state index contributed by atoms with van der Waals surface area (Å²) in [7, 11) is 0. The quantitative estimate of drug-likeness (QED) is 0.531. The van der Waals surface area contributed by atoms with Crippen molar-refractivity contribution in [2.75, 3.05) is 19.0 Å². The van der Waals surface area contributed by atoms with Gasteiger partial charge in [0.1, 0.15) is 6.61 Å². The number of aliphatic hydroxyl groups excluding tert-OH is 2. The summed E-state index contributed by atoms with van der Waals surface area (Å²) in [5.74, 6) is 1.31. The minimum atomic E-state index is -0.467. The van der Waals surface area contributed by atoms with Crippen LogP contribution in [0.5, 0.6) is 0 Å². The second-order valence-corrected chi connectivity index (χ2v) is 10.4. The Kier molecular flexibility index (Phi) is 6.14. The van der Waals surface area contributed by atoms with E-state index in [0.29, 0.717) is 13.0 Å². The lowest BCUT2D eigenvalue weighted by Gasteiger charge is -2.60. The van der Waals surface area contributed by atoms with Gasteiger partial charge in [0.05, 0.1) is 12.7 Å². The molecule has 0 aromatic heterocycles. The van der Waals surface area contributed by atoms with E-state index in [0.717, 1.165) is 37.0 Å². The topological polar surface area (TPSA) is 66.8 Å². The van der Waals surface area contributed by atoms with Gasteiger partial charge < -0.3 is 14.9 Å². The fraction of sp³-hybridized carbons (Fsp3) is 0.773. The number of rotatable bonds is 6. The van der Waals surface area contributed by atoms with Crippen molar-refractivity contribution in [3.05, 3.63) is 23.8 Å². The summed E-state index contributed by atoms with van der Waals surface area (Å²) in [4.78, 5) is 12.2. The predicted molar refractivity (Wildman–Crippen MR) is 109 cm³/mol. The summed E-state index contributed by atoms with van der Waals surface area (Å²) in [5, 5.41) is 20.9. The molecule has 27 heavy (non-hydrogen) atoms. The van der Waals surface area contributed by atoms with Crippen LogP contribution in [0.25, 0.3) is 0 Å². The number of allylic oxidation sites excluding steroid dienone is 1. The van der Waals surface area contributed by atoms with E-state index in [2.05, 4.69) is 20.4 Å². The maximum atomic E-state index is 12.2. The Hall–Kier alpha value is -0.780. The molecule has 2 aliphatic carbocycles. The van der Waals surface area contributed by atoms with Crippen molar-refractivity contribution in [2.45, 2.75) is 64.2 Å². The summed E-state index contributed by atoms with van der Waals surface area (Å²) >= 11 is 1.81. The van der Waals surface area contributed by atoms with Crippen LogP contribution in [-0.2, 0) is 9.53 Å². The standard InChI is InChI=1S/C22H34O4S/c1-5-27-17(15-9-11-26-20(15)25)12-16-14(2)6-7-18-21(16,3)10-8-19(24)22(18,4)13-23/h9,16-19,23-24H,2,5-8,10-13H2,1,3-4H3/t16-,17?,18?,19+,21+,22-/m0/s1. The van der Waals surface area contributed by atoms with E-state index in [4.69, 9.17) is 4.74 Å². The van der Waals surface area contributed by atoms with Gasteiger partial charge in [0, 0.05) is 16.2 Å². The fourth-order valence-corrected chi connectivity index (χ4v) is 7.08. The Morgan fingerprint density at radius 2 is 2.15 bits per heavy atom. The average Bonchev–Trinajstić information content (AvgIpc) is 3.06. The first-order valence-electron chi connectivity index (χ1n) is 10.2. The molecular weight excluding hydrogens is 360 g/mol. The first kappa shape index (κ1) is 20.9. The number of cyclic esters (lactones) is 1. The van der Waals surface area contributed by atoms with E-state index in [9.17, 15) is 15.0 Å². The van der Waals surface area contributed by atoms with Crippen molar-refractivity contribution in [3.8, 4) is 0 Å². The Bertz CT molecular complexity index is 630. The summed E-state index contributed by atoms with van der Waals surface area (Å²) < 4.78 is 5.17. The van der Waals surface area contributed by atoms with Crippen LogP contribution in [0, 0.1) is 22.7 Å². The lowest BCUT2D eigenvalue weighted by molar-refractivity contribution is -0.152. The normalized spacial score (nSPS) is 40.3. The maximum absolute atomic E-state index is 12.2. The Labute approximate surface area is 167 Å². The van der Waals surface area contributed by atoms with Crippen LogP contribution in [0.3, 0.4) is 0 Å². The summed E-state index contributed by atoms with van der Waals surface area (Å²) in [6, 6.07) is 0. The highest BCUT2D eigenvalue weighted by atomic mass is 32.2. The van der Waals surface area contributed by atoms with Crippen LogP contribution >= 0.6 is 11.8 Å². The second-order valence-electron chi connectivity index (χ2n) is 8.96. The van der Waals surface area contributed by atoms with E-state index in [1.54, 1.807) is 0 Å². The van der Waals surface area contributed by atoms with Crippen LogP contribution in [0.15, 0.2) is 23.8 Å². The molecule has 6 atom stereocenters. The zero-order chi connectivity index (χ0) is 19.8. The van der Waals surface area contributed by atoms with Crippen LogP contribution in [0.1, 0.15) is 52.9 Å². The number of hydrogen-bond donors (Lipinski definition) is 2. The van der Waals surface area contributed by atoms with Gasteiger partial charge in [-0.25, -0.2) is 4.79 Å². The third-order valence-corrected chi connectivity index (χ3v) is 8.79. The molecule has 0 amide bonds. The maximum Gasteiger partial charge on any atom is 0.335 e. The summed E-state index contributed by atoms with van der Waals surface area (Å²) in [5.41, 5.74) is 1.59. The zero-order valence-electron chi connectivity index (χ0n) is 16.9. The van der Waals surface area contributed by atoms with Gasteiger partial charge in [0.15, 0.2) is 0 Å². The average molecular weight is 395 g/mol. The fourth-order valence-electron chi connectivity index (χ4n) is 5.97. The molecule has 2 fully saturated rings. The third kappa shape index (κ3) is 3.51. The lowest BCUT2D eigenvalue weighted by Crippen LogP contribution is -2.57. The molecule has 1 aliphatic heterocycles. The molecular formula is C22H34O4S. The lowest BCUT2D eigenvalue weighted by atomic mass is 9.46. The molecule has 0 saturated heterocycles. The monoisotopic (exact) mass is 394 g/mol. The largest absolute Gasteiger partial charge is 0.458 e. The minimum absolute atomic E-state index is 0.0121. The van der Waals surface area contributed by atoms with Gasteiger partial charge in [-0.2, -0.15) is 11.8 Å². The molecule has 2 unspecified atom stereocenters. The van der Waals surface area contributed by atoms with Gasteiger partial charge in [-0.3, -0.25) is 0 Å². The second kappa shape index (κ2) is 7.92. The predicted octanol–water partition coefficient (Wildman–Crippen LogP) is 3.72. The number of carbonyl (C=O) groups is 1. The molecule has 0 radical (unpaired) electrons. The number of fused-ring (bicyclic) bond motifs is 1. The number of hydrogen-bond acceptors (Lipinski definition) is 5. The molecule has 2 N–H and O–H groups in total. The van der Waals surface area contributed by atoms with E-state index >= 15 is 0 Å². The zero-order valence-corrected chi connectivity index (χ0v) is 17.7. The smallest absolute Gasteiger partial charge is 0.335 e. The highest BCUT2D eigenvalue weighted by molar-refractivity contribution is 8.00. The van der Waals surface area contributed by atoms with E-state index in [-0.39, 0.29) is 35.1 Å². The van der Waals surface area contributed by atoms with Crippen molar-refractivity contribution in [1.29, 1.82) is 0 Å². The number of thioether (sulfide) groups is 1.